The van der Waals surface area contributed by atoms with Crippen LogP contribution in [0.4, 0.5) is 0 Å². The highest BCUT2D eigenvalue weighted by atomic mass is 16.5. The molecule has 138 valence electrons. The summed E-state index contributed by atoms with van der Waals surface area (Å²) in [6, 6.07) is 26.1. The van der Waals surface area contributed by atoms with Gasteiger partial charge in [-0.05, 0) is 34.9 Å². The molecule has 0 aliphatic heterocycles. The van der Waals surface area contributed by atoms with E-state index in [-0.39, 0.29) is 0 Å². The summed E-state index contributed by atoms with van der Waals surface area (Å²) >= 11 is 0. The Bertz CT molecular complexity index is 862. The van der Waals surface area contributed by atoms with Gasteiger partial charge >= 0.3 is 0 Å². The van der Waals surface area contributed by atoms with Gasteiger partial charge < -0.3 is 14.5 Å². The van der Waals surface area contributed by atoms with E-state index >= 15 is 0 Å². The molecule has 0 unspecified atom stereocenters. The zero-order valence-corrected chi connectivity index (χ0v) is 15.7. The highest BCUT2D eigenvalue weighted by Gasteiger charge is 2.08. The van der Waals surface area contributed by atoms with E-state index in [2.05, 4.69) is 5.10 Å². The van der Waals surface area contributed by atoms with Crippen molar-refractivity contribution in [2.75, 3.05) is 14.1 Å². The molecule has 0 aliphatic carbocycles. The second-order valence-corrected chi connectivity index (χ2v) is 6.35. The Labute approximate surface area is 160 Å². The van der Waals surface area contributed by atoms with Gasteiger partial charge in [-0.25, -0.2) is 0 Å². The molecule has 3 rings (SSSR count). The first-order chi connectivity index (χ1) is 13.2. The second kappa shape index (κ2) is 9.43. The van der Waals surface area contributed by atoms with E-state index in [0.717, 1.165) is 22.4 Å². The average molecular weight is 360 g/mol. The normalized spacial score (nSPS) is 10.7. The van der Waals surface area contributed by atoms with Gasteiger partial charge in [0.2, 0.25) is 0 Å². The molecule has 0 aliphatic rings. The molecule has 0 radical (unpaired) electrons. The molecule has 0 bridgehead atoms. The summed E-state index contributed by atoms with van der Waals surface area (Å²) in [6.07, 6.45) is 1.80. The minimum atomic E-state index is 0.483. The SMILES string of the molecule is CN(C)/N=C/c1ccc(OCc2ccccc2)c(OCc2ccccc2)c1. The number of hydrogen-bond donors (Lipinski definition) is 0. The number of benzene rings is 3. The van der Waals surface area contributed by atoms with Crippen LogP contribution in [0.2, 0.25) is 0 Å². The van der Waals surface area contributed by atoms with Gasteiger partial charge in [-0.3, -0.25) is 0 Å². The van der Waals surface area contributed by atoms with Crippen LogP contribution in [0.3, 0.4) is 0 Å². The van der Waals surface area contributed by atoms with Gasteiger partial charge in [0, 0.05) is 14.1 Å². The first-order valence-corrected chi connectivity index (χ1v) is 8.89. The topological polar surface area (TPSA) is 34.1 Å². The maximum atomic E-state index is 6.06. The van der Waals surface area contributed by atoms with Crippen molar-refractivity contribution in [3.63, 3.8) is 0 Å². The standard InChI is InChI=1S/C23H24N2O2/c1-25(2)24-16-21-13-14-22(26-17-19-9-5-3-6-10-19)23(15-21)27-18-20-11-7-4-8-12-20/h3-16H,17-18H2,1-2H3/b24-16+. The Morgan fingerprint density at radius 3 is 1.85 bits per heavy atom. The highest BCUT2D eigenvalue weighted by molar-refractivity contribution is 5.80. The van der Waals surface area contributed by atoms with Crippen LogP contribution in [-0.4, -0.2) is 25.3 Å². The van der Waals surface area contributed by atoms with Crippen LogP contribution in [0.5, 0.6) is 11.5 Å². The van der Waals surface area contributed by atoms with Crippen molar-refractivity contribution in [3.05, 3.63) is 95.6 Å². The number of nitrogens with zero attached hydrogens (tertiary/aromatic N) is 2. The number of ether oxygens (including phenoxy) is 2. The Hall–Kier alpha value is -3.27. The molecule has 0 spiro atoms. The van der Waals surface area contributed by atoms with Crippen LogP contribution in [0.25, 0.3) is 0 Å². The first-order valence-electron chi connectivity index (χ1n) is 8.89. The van der Waals surface area contributed by atoms with Crippen LogP contribution in [-0.2, 0) is 13.2 Å². The molecule has 0 aromatic heterocycles. The van der Waals surface area contributed by atoms with E-state index in [4.69, 9.17) is 9.47 Å². The first kappa shape index (κ1) is 18.5. The van der Waals surface area contributed by atoms with Crippen LogP contribution >= 0.6 is 0 Å². The number of hydrogen-bond acceptors (Lipinski definition) is 4. The Morgan fingerprint density at radius 1 is 0.741 bits per heavy atom. The molecule has 4 nitrogen and oxygen atoms in total. The van der Waals surface area contributed by atoms with Gasteiger partial charge in [-0.1, -0.05) is 60.7 Å². The third kappa shape index (κ3) is 5.89. The fourth-order valence-corrected chi connectivity index (χ4v) is 2.49. The molecule has 0 atom stereocenters. The van der Waals surface area contributed by atoms with E-state index in [1.54, 1.807) is 11.2 Å². The third-order valence-electron chi connectivity index (χ3n) is 3.88. The Morgan fingerprint density at radius 2 is 1.30 bits per heavy atom. The second-order valence-electron chi connectivity index (χ2n) is 6.35. The molecule has 0 fully saturated rings. The molecular weight excluding hydrogens is 336 g/mol. The predicted molar refractivity (Wildman–Crippen MR) is 109 cm³/mol. The minimum Gasteiger partial charge on any atom is -0.485 e. The lowest BCUT2D eigenvalue weighted by Gasteiger charge is -2.14. The van der Waals surface area contributed by atoms with Crippen molar-refractivity contribution < 1.29 is 9.47 Å². The number of rotatable bonds is 8. The van der Waals surface area contributed by atoms with E-state index in [1.807, 2.05) is 93.0 Å². The largest absolute Gasteiger partial charge is 0.485 e. The molecule has 0 N–H and O–H groups in total. The molecule has 0 saturated carbocycles. The van der Waals surface area contributed by atoms with E-state index < -0.39 is 0 Å². The van der Waals surface area contributed by atoms with Gasteiger partial charge in [-0.2, -0.15) is 5.10 Å². The summed E-state index contributed by atoms with van der Waals surface area (Å²) in [5.41, 5.74) is 3.18. The van der Waals surface area contributed by atoms with Crippen molar-refractivity contribution in [3.8, 4) is 11.5 Å². The average Bonchev–Trinajstić information content (AvgIpc) is 2.71. The monoisotopic (exact) mass is 360 g/mol. The summed E-state index contributed by atoms with van der Waals surface area (Å²) < 4.78 is 12.1. The number of hydrazone groups is 1. The molecule has 0 saturated heterocycles. The Kier molecular flexibility index (Phi) is 6.47. The van der Waals surface area contributed by atoms with Crippen molar-refractivity contribution in [2.24, 2.45) is 5.10 Å². The van der Waals surface area contributed by atoms with E-state index in [1.165, 1.54) is 0 Å². The molecule has 27 heavy (non-hydrogen) atoms. The van der Waals surface area contributed by atoms with Crippen molar-refractivity contribution in [2.45, 2.75) is 13.2 Å². The quantitative estimate of drug-likeness (QED) is 0.430. The molecule has 3 aromatic carbocycles. The van der Waals surface area contributed by atoms with Crippen LogP contribution in [0.1, 0.15) is 16.7 Å². The maximum Gasteiger partial charge on any atom is 0.162 e. The lowest BCUT2D eigenvalue weighted by molar-refractivity contribution is 0.256. The van der Waals surface area contributed by atoms with Gasteiger partial charge in [0.25, 0.3) is 0 Å². The fourth-order valence-electron chi connectivity index (χ4n) is 2.49. The molecule has 3 aromatic rings. The summed E-state index contributed by atoms with van der Waals surface area (Å²) in [4.78, 5) is 0. The van der Waals surface area contributed by atoms with Crippen molar-refractivity contribution in [1.82, 2.24) is 5.01 Å². The summed E-state index contributed by atoms with van der Waals surface area (Å²) in [5, 5.41) is 6.04. The minimum absolute atomic E-state index is 0.483. The summed E-state index contributed by atoms with van der Waals surface area (Å²) in [6.45, 7) is 0.977. The summed E-state index contributed by atoms with van der Waals surface area (Å²) in [5.74, 6) is 1.43. The predicted octanol–water partition coefficient (Wildman–Crippen LogP) is 4.74. The van der Waals surface area contributed by atoms with Crippen molar-refractivity contribution in [1.29, 1.82) is 0 Å². The summed E-state index contributed by atoms with van der Waals surface area (Å²) in [7, 11) is 3.78. The zero-order chi connectivity index (χ0) is 18.9. The lowest BCUT2D eigenvalue weighted by Crippen LogP contribution is -2.03. The van der Waals surface area contributed by atoms with E-state index in [0.29, 0.717) is 19.0 Å². The van der Waals surface area contributed by atoms with Crippen molar-refractivity contribution >= 4 is 6.21 Å². The maximum absolute atomic E-state index is 6.06. The van der Waals surface area contributed by atoms with Gasteiger partial charge in [0.05, 0.1) is 6.21 Å². The van der Waals surface area contributed by atoms with Crippen LogP contribution in [0, 0.1) is 0 Å². The van der Waals surface area contributed by atoms with Gasteiger partial charge in [0.1, 0.15) is 13.2 Å². The zero-order valence-electron chi connectivity index (χ0n) is 15.7. The third-order valence-corrected chi connectivity index (χ3v) is 3.88. The highest BCUT2D eigenvalue weighted by Crippen LogP contribution is 2.29. The molecular formula is C23H24N2O2. The lowest BCUT2D eigenvalue weighted by atomic mass is 10.2. The van der Waals surface area contributed by atoms with E-state index in [9.17, 15) is 0 Å². The van der Waals surface area contributed by atoms with Gasteiger partial charge in [0.15, 0.2) is 11.5 Å². The van der Waals surface area contributed by atoms with Gasteiger partial charge in [-0.15, -0.1) is 0 Å². The fraction of sp³-hybridized carbons (Fsp3) is 0.174. The van der Waals surface area contributed by atoms with Crippen LogP contribution < -0.4 is 9.47 Å². The molecule has 4 heteroatoms. The molecule has 0 heterocycles. The van der Waals surface area contributed by atoms with Crippen LogP contribution in [0.15, 0.2) is 84.0 Å². The molecule has 0 amide bonds. The smallest absolute Gasteiger partial charge is 0.162 e. The Balaban J connectivity index is 1.77.